The summed E-state index contributed by atoms with van der Waals surface area (Å²) in [7, 11) is -3.59. The average Bonchev–Trinajstić information content (AvgIpc) is 3.31. The largest absolute Gasteiger partial charge is 0.340 e. The number of likely N-dealkylation sites (tertiary alicyclic amines) is 1. The molecule has 0 radical (unpaired) electrons. The van der Waals surface area contributed by atoms with E-state index in [4.69, 9.17) is 0 Å². The van der Waals surface area contributed by atoms with Gasteiger partial charge in [-0.2, -0.15) is 0 Å². The number of fused-ring (bicyclic) bond motifs is 2. The number of carbonyl (C=O) groups excluding carboxylic acids is 1. The molecular weight excluding hydrogens is 364 g/mol. The van der Waals surface area contributed by atoms with E-state index in [0.717, 1.165) is 39.0 Å². The third-order valence-corrected chi connectivity index (χ3v) is 7.16. The van der Waals surface area contributed by atoms with E-state index >= 15 is 0 Å². The predicted octanol–water partition coefficient (Wildman–Crippen LogP) is 0.962. The van der Waals surface area contributed by atoms with Crippen molar-refractivity contribution in [3.63, 3.8) is 0 Å². The smallest absolute Gasteiger partial charge is 0.263 e. The van der Waals surface area contributed by atoms with Gasteiger partial charge >= 0.3 is 0 Å². The van der Waals surface area contributed by atoms with Crippen LogP contribution in [0.1, 0.15) is 31.7 Å². The fourth-order valence-corrected chi connectivity index (χ4v) is 5.51. The number of aliphatic imine (C=N–C) groups is 1. The molecule has 3 aliphatic rings. The molecule has 3 aliphatic heterocycles. The molecule has 27 heavy (non-hydrogen) atoms. The first kappa shape index (κ1) is 18.4. The van der Waals surface area contributed by atoms with E-state index in [2.05, 4.69) is 22.0 Å². The fraction of sp³-hybridized carbons (Fsp3) is 0.579. The Morgan fingerprint density at radius 1 is 1.26 bits per heavy atom. The molecule has 4 rings (SSSR count). The SMILES string of the molecule is CCCCC(N=C1NS(=O)(=O)c2ccccc21)C(=O)N1C[C@H]2CNC[C@H]2C1. The highest BCUT2D eigenvalue weighted by Crippen LogP contribution is 2.28. The third kappa shape index (κ3) is 3.48. The van der Waals surface area contributed by atoms with E-state index in [-0.39, 0.29) is 10.8 Å². The number of nitrogens with one attached hydrogen (secondary N) is 2. The lowest BCUT2D eigenvalue weighted by Gasteiger charge is -2.22. The summed E-state index contributed by atoms with van der Waals surface area (Å²) >= 11 is 0. The summed E-state index contributed by atoms with van der Waals surface area (Å²) in [5.41, 5.74) is 0.550. The zero-order valence-corrected chi connectivity index (χ0v) is 16.3. The highest BCUT2D eigenvalue weighted by Gasteiger charge is 2.40. The summed E-state index contributed by atoms with van der Waals surface area (Å²) in [5.74, 6) is 1.37. The summed E-state index contributed by atoms with van der Waals surface area (Å²) in [6, 6.07) is 6.24. The minimum atomic E-state index is -3.59. The molecule has 1 unspecified atom stereocenters. The van der Waals surface area contributed by atoms with Crippen LogP contribution in [0.15, 0.2) is 34.2 Å². The van der Waals surface area contributed by atoms with Crippen molar-refractivity contribution in [2.75, 3.05) is 26.2 Å². The second-order valence-electron chi connectivity index (χ2n) is 7.66. The van der Waals surface area contributed by atoms with Gasteiger partial charge in [0.15, 0.2) is 0 Å². The number of amides is 1. The number of hydrogen-bond donors (Lipinski definition) is 2. The maximum atomic E-state index is 13.2. The number of amidine groups is 1. The topological polar surface area (TPSA) is 90.9 Å². The van der Waals surface area contributed by atoms with Crippen LogP contribution in [0, 0.1) is 11.8 Å². The van der Waals surface area contributed by atoms with Crippen molar-refractivity contribution < 1.29 is 13.2 Å². The van der Waals surface area contributed by atoms with Crippen molar-refractivity contribution in [2.24, 2.45) is 16.8 Å². The van der Waals surface area contributed by atoms with Crippen molar-refractivity contribution >= 4 is 21.8 Å². The molecule has 7 nitrogen and oxygen atoms in total. The first-order valence-electron chi connectivity index (χ1n) is 9.69. The standard InChI is InChI=1S/C19H26N4O3S/c1-2-3-7-16(19(24)23-11-13-9-20-10-14(13)12-23)21-18-15-6-4-5-8-17(15)27(25,26)22-18/h4-6,8,13-14,16,20H,2-3,7,9-12H2,1H3,(H,21,22)/t13-,14+,16?. The Kier molecular flexibility index (Phi) is 4.94. The van der Waals surface area contributed by atoms with Gasteiger partial charge in [0.2, 0.25) is 5.91 Å². The molecule has 2 fully saturated rings. The maximum absolute atomic E-state index is 13.2. The van der Waals surface area contributed by atoms with Gasteiger partial charge in [-0.05, 0) is 30.4 Å². The van der Waals surface area contributed by atoms with Crippen LogP contribution in [-0.2, 0) is 14.8 Å². The zero-order valence-electron chi connectivity index (χ0n) is 15.5. The molecule has 8 heteroatoms. The minimum Gasteiger partial charge on any atom is -0.340 e. The number of rotatable bonds is 5. The van der Waals surface area contributed by atoms with Crippen LogP contribution in [0.3, 0.4) is 0 Å². The van der Waals surface area contributed by atoms with E-state index in [0.29, 0.717) is 29.7 Å². The Morgan fingerprint density at radius 3 is 2.67 bits per heavy atom. The highest BCUT2D eigenvalue weighted by molar-refractivity contribution is 7.90. The van der Waals surface area contributed by atoms with Crippen molar-refractivity contribution in [3.05, 3.63) is 29.8 Å². The van der Waals surface area contributed by atoms with Gasteiger partial charge in [-0.25, -0.2) is 8.42 Å². The Balaban J connectivity index is 1.59. The maximum Gasteiger partial charge on any atom is 0.263 e. The van der Waals surface area contributed by atoms with Crippen LogP contribution in [0.25, 0.3) is 0 Å². The van der Waals surface area contributed by atoms with E-state index in [1.807, 2.05) is 4.90 Å². The average molecular weight is 391 g/mol. The molecule has 0 aromatic heterocycles. The van der Waals surface area contributed by atoms with Crippen molar-refractivity contribution in [1.82, 2.24) is 14.9 Å². The monoisotopic (exact) mass is 390 g/mol. The number of carbonyl (C=O) groups is 1. The highest BCUT2D eigenvalue weighted by atomic mass is 32.2. The Labute approximate surface area is 160 Å². The molecule has 3 atom stereocenters. The number of hydrogen-bond acceptors (Lipinski definition) is 5. The number of sulfonamides is 1. The first-order valence-corrected chi connectivity index (χ1v) is 11.2. The molecule has 2 N–H and O–H groups in total. The molecule has 0 saturated carbocycles. The Bertz CT molecular complexity index is 855. The molecule has 1 amide bonds. The summed E-state index contributed by atoms with van der Waals surface area (Å²) in [6.45, 7) is 5.55. The van der Waals surface area contributed by atoms with Crippen LogP contribution in [0.4, 0.5) is 0 Å². The van der Waals surface area contributed by atoms with Gasteiger partial charge in [0.05, 0.1) is 4.90 Å². The molecule has 0 spiro atoms. The molecule has 1 aromatic rings. The van der Waals surface area contributed by atoms with Gasteiger partial charge in [-0.15, -0.1) is 0 Å². The van der Waals surface area contributed by atoms with Gasteiger partial charge in [0, 0.05) is 31.7 Å². The second kappa shape index (κ2) is 7.24. The lowest BCUT2D eigenvalue weighted by molar-refractivity contribution is -0.131. The molecule has 3 heterocycles. The van der Waals surface area contributed by atoms with Crippen LogP contribution in [0.5, 0.6) is 0 Å². The zero-order chi connectivity index (χ0) is 19.0. The second-order valence-corrected chi connectivity index (χ2v) is 9.31. The predicted molar refractivity (Wildman–Crippen MR) is 103 cm³/mol. The van der Waals surface area contributed by atoms with Crippen LogP contribution >= 0.6 is 0 Å². The molecule has 1 aromatic carbocycles. The minimum absolute atomic E-state index is 0.0222. The van der Waals surface area contributed by atoms with Crippen molar-refractivity contribution in [2.45, 2.75) is 37.1 Å². The molecular formula is C19H26N4O3S. The van der Waals surface area contributed by atoms with Crippen molar-refractivity contribution in [1.29, 1.82) is 0 Å². The van der Waals surface area contributed by atoms with Crippen molar-refractivity contribution in [3.8, 4) is 0 Å². The van der Waals surface area contributed by atoms with E-state index < -0.39 is 16.1 Å². The van der Waals surface area contributed by atoms with Crippen LogP contribution < -0.4 is 10.0 Å². The van der Waals surface area contributed by atoms with E-state index in [9.17, 15) is 13.2 Å². The lowest BCUT2D eigenvalue weighted by atomic mass is 10.0. The Hall–Kier alpha value is -1.93. The van der Waals surface area contributed by atoms with E-state index in [1.54, 1.807) is 24.3 Å². The first-order chi connectivity index (χ1) is 13.0. The number of nitrogens with zero attached hydrogens (tertiary/aromatic N) is 2. The molecule has 2 saturated heterocycles. The normalized spacial score (nSPS) is 28.0. The molecule has 146 valence electrons. The molecule has 0 bridgehead atoms. The molecule has 0 aliphatic carbocycles. The quantitative estimate of drug-likeness (QED) is 0.784. The van der Waals surface area contributed by atoms with Gasteiger partial charge < -0.3 is 10.2 Å². The number of benzene rings is 1. The van der Waals surface area contributed by atoms with Crippen LogP contribution in [-0.4, -0.2) is 57.3 Å². The fourth-order valence-electron chi connectivity index (χ4n) is 4.27. The van der Waals surface area contributed by atoms with Gasteiger partial charge in [0.25, 0.3) is 10.0 Å². The van der Waals surface area contributed by atoms with Crippen LogP contribution in [0.2, 0.25) is 0 Å². The lowest BCUT2D eigenvalue weighted by Crippen LogP contribution is -2.39. The van der Waals surface area contributed by atoms with Gasteiger partial charge in [-0.3, -0.25) is 14.5 Å². The van der Waals surface area contributed by atoms with Gasteiger partial charge in [0.1, 0.15) is 11.9 Å². The van der Waals surface area contributed by atoms with E-state index in [1.165, 1.54) is 0 Å². The van der Waals surface area contributed by atoms with Gasteiger partial charge in [-0.1, -0.05) is 31.9 Å². The number of unbranched alkanes of at least 4 members (excludes halogenated alkanes) is 1. The summed E-state index contributed by atoms with van der Waals surface area (Å²) in [5, 5.41) is 3.38. The Morgan fingerprint density at radius 2 is 1.96 bits per heavy atom. The third-order valence-electron chi connectivity index (χ3n) is 5.77. The summed E-state index contributed by atoms with van der Waals surface area (Å²) < 4.78 is 27.2. The summed E-state index contributed by atoms with van der Waals surface area (Å²) in [4.78, 5) is 19.9. The summed E-state index contributed by atoms with van der Waals surface area (Å²) in [6.07, 6.45) is 2.47.